The summed E-state index contributed by atoms with van der Waals surface area (Å²) in [5, 5.41) is 4.00. The van der Waals surface area contributed by atoms with Crippen LogP contribution in [0.25, 0.3) is 0 Å². The average molecular weight is 338 g/mol. The first kappa shape index (κ1) is 16.7. The van der Waals surface area contributed by atoms with E-state index in [0.29, 0.717) is 29.4 Å². The summed E-state index contributed by atoms with van der Waals surface area (Å²) in [6.07, 6.45) is 1.11. The smallest absolute Gasteiger partial charge is 0.220 e. The minimum absolute atomic E-state index is 0.0122. The molecule has 0 aliphatic heterocycles. The van der Waals surface area contributed by atoms with Gasteiger partial charge in [0.2, 0.25) is 5.91 Å². The third-order valence-corrected chi connectivity index (χ3v) is 3.88. The third kappa shape index (κ3) is 4.93. The van der Waals surface area contributed by atoms with Gasteiger partial charge in [-0.2, -0.15) is 0 Å². The fourth-order valence-corrected chi connectivity index (χ4v) is 2.47. The van der Waals surface area contributed by atoms with Crippen LogP contribution in [0.2, 0.25) is 10.0 Å². The lowest BCUT2D eigenvalue weighted by Crippen LogP contribution is -2.23. The van der Waals surface area contributed by atoms with Crippen molar-refractivity contribution in [1.82, 2.24) is 5.32 Å². The number of methoxy groups -OCH3 is 1. The van der Waals surface area contributed by atoms with E-state index < -0.39 is 0 Å². The number of benzene rings is 2. The molecule has 0 unspecified atom stereocenters. The van der Waals surface area contributed by atoms with Crippen LogP contribution in [0, 0.1) is 0 Å². The van der Waals surface area contributed by atoms with Gasteiger partial charge in [0, 0.05) is 23.0 Å². The molecular weight excluding hydrogens is 321 g/mol. The van der Waals surface area contributed by atoms with Crippen LogP contribution in [0.5, 0.6) is 5.75 Å². The molecule has 1 N–H and O–H groups in total. The van der Waals surface area contributed by atoms with E-state index in [0.717, 1.165) is 16.9 Å². The molecule has 0 saturated carbocycles. The number of carbonyl (C=O) groups is 1. The normalized spacial score (nSPS) is 10.3. The number of amides is 1. The van der Waals surface area contributed by atoms with Crippen molar-refractivity contribution >= 4 is 29.1 Å². The van der Waals surface area contributed by atoms with Gasteiger partial charge in [-0.1, -0.05) is 41.4 Å². The number of hydrogen-bond donors (Lipinski definition) is 1. The molecule has 0 atom stereocenters. The lowest BCUT2D eigenvalue weighted by Gasteiger charge is -2.08. The van der Waals surface area contributed by atoms with E-state index in [2.05, 4.69) is 5.32 Å². The van der Waals surface area contributed by atoms with Crippen molar-refractivity contribution in [1.29, 1.82) is 0 Å². The van der Waals surface area contributed by atoms with E-state index in [1.807, 2.05) is 30.3 Å². The van der Waals surface area contributed by atoms with Crippen molar-refractivity contribution in [2.75, 3.05) is 7.11 Å². The zero-order valence-corrected chi connectivity index (χ0v) is 13.7. The van der Waals surface area contributed by atoms with Gasteiger partial charge in [0.1, 0.15) is 5.75 Å². The molecule has 0 fully saturated rings. The fraction of sp³-hybridized carbons (Fsp3) is 0.235. The van der Waals surface area contributed by atoms with Gasteiger partial charge < -0.3 is 10.1 Å². The molecule has 0 radical (unpaired) electrons. The Labute approximate surface area is 140 Å². The van der Waals surface area contributed by atoms with E-state index in [1.54, 1.807) is 19.2 Å². The molecule has 2 aromatic rings. The molecule has 3 nitrogen and oxygen atoms in total. The highest BCUT2D eigenvalue weighted by Gasteiger charge is 2.05. The molecule has 116 valence electrons. The summed E-state index contributed by atoms with van der Waals surface area (Å²) in [6.45, 7) is 0.400. The molecule has 0 aliphatic carbocycles. The summed E-state index contributed by atoms with van der Waals surface area (Å²) in [6, 6.07) is 12.9. The lowest BCUT2D eigenvalue weighted by atomic mass is 10.1. The van der Waals surface area contributed by atoms with Crippen molar-refractivity contribution < 1.29 is 9.53 Å². The Balaban J connectivity index is 1.80. The third-order valence-electron chi connectivity index (χ3n) is 3.29. The Kier molecular flexibility index (Phi) is 6.10. The molecular formula is C17H17Cl2NO2. The van der Waals surface area contributed by atoms with Gasteiger partial charge in [-0.15, -0.1) is 0 Å². The molecule has 2 rings (SSSR count). The van der Waals surface area contributed by atoms with Crippen LogP contribution in [0.1, 0.15) is 17.5 Å². The summed E-state index contributed by atoms with van der Waals surface area (Å²) in [5.74, 6) is 0.799. The maximum Gasteiger partial charge on any atom is 0.220 e. The topological polar surface area (TPSA) is 38.3 Å². The molecule has 0 aromatic heterocycles. The first-order valence-corrected chi connectivity index (χ1v) is 7.67. The van der Waals surface area contributed by atoms with Gasteiger partial charge in [-0.3, -0.25) is 4.79 Å². The molecule has 22 heavy (non-hydrogen) atoms. The van der Waals surface area contributed by atoms with Gasteiger partial charge in [0.25, 0.3) is 0 Å². The molecule has 0 bridgehead atoms. The molecule has 0 spiro atoms. The Morgan fingerprint density at radius 1 is 1.14 bits per heavy atom. The van der Waals surface area contributed by atoms with Crippen molar-refractivity contribution in [3.63, 3.8) is 0 Å². The number of hydrogen-bond acceptors (Lipinski definition) is 2. The standard InChI is InChI=1S/C17H17Cl2NO2/c1-22-15-7-2-12(3-8-15)4-9-17(21)20-11-13-5-6-14(18)10-16(13)19/h2-3,5-8,10H,4,9,11H2,1H3,(H,20,21). The summed E-state index contributed by atoms with van der Waals surface area (Å²) < 4.78 is 5.10. The maximum absolute atomic E-state index is 11.9. The van der Waals surface area contributed by atoms with Crippen LogP contribution in [-0.2, 0) is 17.8 Å². The van der Waals surface area contributed by atoms with Crippen LogP contribution in [0.4, 0.5) is 0 Å². The van der Waals surface area contributed by atoms with E-state index in [1.165, 1.54) is 0 Å². The average Bonchev–Trinajstić information content (AvgIpc) is 2.52. The second-order valence-corrected chi connectivity index (χ2v) is 5.70. The zero-order chi connectivity index (χ0) is 15.9. The van der Waals surface area contributed by atoms with E-state index in [9.17, 15) is 4.79 Å². The molecule has 2 aromatic carbocycles. The lowest BCUT2D eigenvalue weighted by molar-refractivity contribution is -0.121. The quantitative estimate of drug-likeness (QED) is 0.855. The van der Waals surface area contributed by atoms with Gasteiger partial charge in [-0.05, 0) is 41.8 Å². The Morgan fingerprint density at radius 3 is 2.50 bits per heavy atom. The van der Waals surface area contributed by atoms with Crippen molar-refractivity contribution in [2.45, 2.75) is 19.4 Å². The summed E-state index contributed by atoms with van der Waals surface area (Å²) >= 11 is 11.9. The van der Waals surface area contributed by atoms with Crippen LogP contribution in [0.3, 0.4) is 0 Å². The number of carbonyl (C=O) groups excluding carboxylic acids is 1. The minimum Gasteiger partial charge on any atom is -0.497 e. The second kappa shape index (κ2) is 8.06. The monoisotopic (exact) mass is 337 g/mol. The number of nitrogens with one attached hydrogen (secondary N) is 1. The van der Waals surface area contributed by atoms with Crippen molar-refractivity contribution in [3.8, 4) is 5.75 Å². The molecule has 5 heteroatoms. The number of ether oxygens (including phenoxy) is 1. The molecule has 1 amide bonds. The first-order valence-electron chi connectivity index (χ1n) is 6.92. The predicted octanol–water partition coefficient (Wildman–Crippen LogP) is 4.25. The van der Waals surface area contributed by atoms with Crippen molar-refractivity contribution in [2.24, 2.45) is 0 Å². The van der Waals surface area contributed by atoms with Gasteiger partial charge in [0.15, 0.2) is 0 Å². The SMILES string of the molecule is COc1ccc(CCC(=O)NCc2ccc(Cl)cc2Cl)cc1. The predicted molar refractivity (Wildman–Crippen MR) is 89.6 cm³/mol. The maximum atomic E-state index is 11.9. The largest absolute Gasteiger partial charge is 0.497 e. The van der Waals surface area contributed by atoms with Crippen LogP contribution < -0.4 is 10.1 Å². The number of rotatable bonds is 6. The number of halogens is 2. The first-order chi connectivity index (χ1) is 10.6. The van der Waals surface area contributed by atoms with Gasteiger partial charge >= 0.3 is 0 Å². The molecule has 0 saturated heterocycles. The fourth-order valence-electron chi connectivity index (χ4n) is 2.00. The second-order valence-electron chi connectivity index (χ2n) is 4.86. The van der Waals surface area contributed by atoms with Crippen molar-refractivity contribution in [3.05, 3.63) is 63.6 Å². The van der Waals surface area contributed by atoms with E-state index in [4.69, 9.17) is 27.9 Å². The zero-order valence-electron chi connectivity index (χ0n) is 12.2. The van der Waals surface area contributed by atoms with Gasteiger partial charge in [0.05, 0.1) is 7.11 Å². The molecule has 0 heterocycles. The minimum atomic E-state index is -0.0122. The Bertz CT molecular complexity index is 642. The van der Waals surface area contributed by atoms with Crippen LogP contribution in [-0.4, -0.2) is 13.0 Å². The van der Waals surface area contributed by atoms with Crippen LogP contribution >= 0.6 is 23.2 Å². The highest BCUT2D eigenvalue weighted by atomic mass is 35.5. The molecule has 0 aliphatic rings. The Hall–Kier alpha value is -1.71. The summed E-state index contributed by atoms with van der Waals surface area (Å²) in [5.41, 5.74) is 1.95. The summed E-state index contributed by atoms with van der Waals surface area (Å²) in [4.78, 5) is 11.9. The number of aryl methyl sites for hydroxylation is 1. The van der Waals surface area contributed by atoms with E-state index >= 15 is 0 Å². The van der Waals surface area contributed by atoms with Gasteiger partial charge in [-0.25, -0.2) is 0 Å². The van der Waals surface area contributed by atoms with Crippen LogP contribution in [0.15, 0.2) is 42.5 Å². The Morgan fingerprint density at radius 2 is 1.86 bits per heavy atom. The summed E-state index contributed by atoms with van der Waals surface area (Å²) in [7, 11) is 1.63. The highest BCUT2D eigenvalue weighted by Crippen LogP contribution is 2.20. The highest BCUT2D eigenvalue weighted by molar-refractivity contribution is 6.35. The van der Waals surface area contributed by atoms with E-state index in [-0.39, 0.29) is 5.91 Å².